The van der Waals surface area contributed by atoms with Gasteiger partial charge in [0.1, 0.15) is 11.6 Å². The van der Waals surface area contributed by atoms with Gasteiger partial charge in [0.25, 0.3) is 5.91 Å². The smallest absolute Gasteiger partial charge is 0.289 e. The molecule has 2 amide bonds. The first-order chi connectivity index (χ1) is 17.5. The predicted molar refractivity (Wildman–Crippen MR) is 138 cm³/mol. The largest absolute Gasteiger partial charge is 0.497 e. The number of rotatable bonds is 7. The molecule has 2 unspecified atom stereocenters. The average molecular weight is 493 g/mol. The third-order valence-electron chi connectivity index (χ3n) is 8.46. The maximum Gasteiger partial charge on any atom is 0.289 e. The summed E-state index contributed by atoms with van der Waals surface area (Å²) in [4.78, 5) is 50.8. The van der Waals surface area contributed by atoms with E-state index in [9.17, 15) is 14.4 Å². The van der Waals surface area contributed by atoms with Crippen molar-refractivity contribution in [2.45, 2.75) is 57.4 Å². The number of carbonyl (C=O) groups is 3. The minimum atomic E-state index is -0.265. The molecule has 1 saturated carbocycles. The number of aliphatic imine (C=N–C) groups is 2. The number of amidine groups is 1. The molecule has 36 heavy (non-hydrogen) atoms. The molecule has 3 atom stereocenters. The molecule has 0 bridgehead atoms. The van der Waals surface area contributed by atoms with Crippen molar-refractivity contribution in [3.8, 4) is 5.75 Å². The molecule has 0 radical (unpaired) electrons. The topological polar surface area (TPSA) is 91.6 Å². The summed E-state index contributed by atoms with van der Waals surface area (Å²) in [5.74, 6) is 2.00. The number of ketones is 1. The Morgan fingerprint density at radius 3 is 2.42 bits per heavy atom. The Balaban J connectivity index is 1.16. The van der Waals surface area contributed by atoms with Gasteiger partial charge in [-0.2, -0.15) is 4.99 Å². The summed E-state index contributed by atoms with van der Waals surface area (Å²) in [6, 6.07) is 7.25. The van der Waals surface area contributed by atoms with Crippen molar-refractivity contribution in [1.82, 2.24) is 9.80 Å². The van der Waals surface area contributed by atoms with Crippen molar-refractivity contribution in [3.63, 3.8) is 0 Å². The van der Waals surface area contributed by atoms with E-state index < -0.39 is 0 Å². The lowest BCUT2D eigenvalue weighted by atomic mass is 9.86. The zero-order chi connectivity index (χ0) is 25.1. The second kappa shape index (κ2) is 11.0. The molecule has 3 fully saturated rings. The monoisotopic (exact) mass is 492 g/mol. The van der Waals surface area contributed by atoms with Gasteiger partial charge in [0, 0.05) is 30.5 Å². The minimum absolute atomic E-state index is 0.00412. The lowest BCUT2D eigenvalue weighted by Crippen LogP contribution is -2.47. The lowest BCUT2D eigenvalue weighted by molar-refractivity contribution is -0.133. The Kier molecular flexibility index (Phi) is 7.60. The Bertz CT molecular complexity index is 1040. The van der Waals surface area contributed by atoms with E-state index in [1.807, 2.05) is 29.2 Å². The molecule has 8 nitrogen and oxygen atoms in total. The van der Waals surface area contributed by atoms with Crippen LogP contribution in [0, 0.1) is 17.8 Å². The number of nitrogens with zero attached hydrogens (tertiary/aromatic N) is 4. The maximum absolute atomic E-state index is 13.4. The van der Waals surface area contributed by atoms with Gasteiger partial charge in [0.2, 0.25) is 5.91 Å². The van der Waals surface area contributed by atoms with Crippen LogP contribution in [0.25, 0.3) is 0 Å². The van der Waals surface area contributed by atoms with Crippen molar-refractivity contribution >= 4 is 29.6 Å². The van der Waals surface area contributed by atoms with Crippen LogP contribution in [-0.2, 0) is 9.59 Å². The third-order valence-corrected chi connectivity index (χ3v) is 8.46. The van der Waals surface area contributed by atoms with Crippen LogP contribution in [-0.4, -0.2) is 78.8 Å². The molecule has 1 aliphatic carbocycles. The van der Waals surface area contributed by atoms with Gasteiger partial charge in [-0.05, 0) is 75.4 Å². The standard InChI is InChI=1S/C28H36N4O4/c1-36-22-9-7-19(8-10-22)26(34)20-11-14-31(15-12-20)24-13-16-32(28(24)35)18-21-5-3-2-4-6-23(21)27-29-17-25(33)30-27/h7-10,17,20-21,23-24H,2-6,11-16,18H2,1H3/t21?,23?,24-/m1/s1. The number of carbonyl (C=O) groups excluding carboxylic acids is 3. The van der Waals surface area contributed by atoms with Crippen molar-refractivity contribution in [3.05, 3.63) is 29.8 Å². The van der Waals surface area contributed by atoms with Crippen molar-refractivity contribution in [2.24, 2.45) is 27.7 Å². The van der Waals surface area contributed by atoms with Crippen LogP contribution >= 0.6 is 0 Å². The van der Waals surface area contributed by atoms with Gasteiger partial charge < -0.3 is 9.64 Å². The molecule has 3 aliphatic heterocycles. The third kappa shape index (κ3) is 5.28. The normalized spacial score (nSPS) is 27.9. The number of ether oxygens (including phenoxy) is 1. The Hall–Kier alpha value is -2.87. The first-order valence-corrected chi connectivity index (χ1v) is 13.4. The number of benzene rings is 1. The van der Waals surface area contributed by atoms with Gasteiger partial charge in [0.05, 0.1) is 19.4 Å². The molecular formula is C28H36N4O4. The second-order valence-electron chi connectivity index (χ2n) is 10.6. The highest BCUT2D eigenvalue weighted by atomic mass is 16.5. The number of piperidine rings is 1. The molecule has 3 heterocycles. The van der Waals surface area contributed by atoms with E-state index in [4.69, 9.17) is 4.74 Å². The van der Waals surface area contributed by atoms with E-state index in [2.05, 4.69) is 14.9 Å². The Morgan fingerprint density at radius 2 is 1.72 bits per heavy atom. The van der Waals surface area contributed by atoms with Gasteiger partial charge in [-0.25, -0.2) is 4.99 Å². The number of amides is 2. The number of methoxy groups -OCH3 is 1. The van der Waals surface area contributed by atoms with E-state index in [0.29, 0.717) is 11.8 Å². The average Bonchev–Trinajstić information content (AvgIpc) is 3.41. The molecule has 192 valence electrons. The highest BCUT2D eigenvalue weighted by molar-refractivity contribution is 6.35. The molecule has 2 saturated heterocycles. The molecule has 4 aliphatic rings. The molecule has 5 rings (SSSR count). The zero-order valence-corrected chi connectivity index (χ0v) is 21.1. The van der Waals surface area contributed by atoms with Crippen LogP contribution in [0.5, 0.6) is 5.75 Å². The number of hydrogen-bond donors (Lipinski definition) is 0. The fraction of sp³-hybridized carbons (Fsp3) is 0.607. The van der Waals surface area contributed by atoms with Crippen molar-refractivity contribution in [2.75, 3.05) is 33.3 Å². The molecule has 0 aromatic heterocycles. The predicted octanol–water partition coefficient (Wildman–Crippen LogP) is 3.40. The van der Waals surface area contributed by atoms with Gasteiger partial charge >= 0.3 is 0 Å². The van der Waals surface area contributed by atoms with Crippen LogP contribution in [0.2, 0.25) is 0 Å². The molecule has 0 N–H and O–H groups in total. The van der Waals surface area contributed by atoms with Crippen LogP contribution in [0.15, 0.2) is 34.3 Å². The second-order valence-corrected chi connectivity index (χ2v) is 10.6. The summed E-state index contributed by atoms with van der Waals surface area (Å²) in [6.07, 6.45) is 9.19. The lowest BCUT2D eigenvalue weighted by Gasteiger charge is -2.35. The molecule has 0 spiro atoms. The summed E-state index contributed by atoms with van der Waals surface area (Å²) < 4.78 is 5.19. The van der Waals surface area contributed by atoms with Crippen LogP contribution in [0.3, 0.4) is 0 Å². The zero-order valence-electron chi connectivity index (χ0n) is 21.1. The molecule has 1 aromatic rings. The Labute approximate surface area is 212 Å². The van der Waals surface area contributed by atoms with Crippen LogP contribution in [0.4, 0.5) is 0 Å². The highest BCUT2D eigenvalue weighted by Gasteiger charge is 2.40. The Morgan fingerprint density at radius 1 is 0.972 bits per heavy atom. The van der Waals surface area contributed by atoms with E-state index in [-0.39, 0.29) is 35.5 Å². The van der Waals surface area contributed by atoms with Gasteiger partial charge in [-0.1, -0.05) is 19.3 Å². The maximum atomic E-state index is 13.4. The molecule has 8 heteroatoms. The van der Waals surface area contributed by atoms with Gasteiger partial charge in [-0.15, -0.1) is 0 Å². The van der Waals surface area contributed by atoms with E-state index in [1.54, 1.807) is 7.11 Å². The van der Waals surface area contributed by atoms with Gasteiger partial charge in [-0.3, -0.25) is 19.3 Å². The van der Waals surface area contributed by atoms with Crippen molar-refractivity contribution in [1.29, 1.82) is 0 Å². The van der Waals surface area contributed by atoms with E-state index in [0.717, 1.165) is 82.4 Å². The summed E-state index contributed by atoms with van der Waals surface area (Å²) in [6.45, 7) is 3.04. The summed E-state index contributed by atoms with van der Waals surface area (Å²) in [5, 5.41) is 0. The summed E-state index contributed by atoms with van der Waals surface area (Å²) in [7, 11) is 1.62. The SMILES string of the molecule is COc1ccc(C(=O)C2CCN([C@@H]3CCN(CC4CCCCCC4C4=NC(=O)C=N4)C3=O)CC2)cc1. The van der Waals surface area contributed by atoms with E-state index in [1.165, 1.54) is 12.6 Å². The number of likely N-dealkylation sites (tertiary alicyclic amines) is 2. The summed E-state index contributed by atoms with van der Waals surface area (Å²) in [5.41, 5.74) is 0.730. The van der Waals surface area contributed by atoms with Crippen molar-refractivity contribution < 1.29 is 19.1 Å². The fourth-order valence-corrected chi connectivity index (χ4v) is 6.40. The van der Waals surface area contributed by atoms with Crippen LogP contribution < -0.4 is 4.74 Å². The number of hydrogen-bond acceptors (Lipinski definition) is 6. The molecule has 1 aromatic carbocycles. The quantitative estimate of drug-likeness (QED) is 0.430. The van der Waals surface area contributed by atoms with Gasteiger partial charge in [0.15, 0.2) is 5.78 Å². The molecular weight excluding hydrogens is 456 g/mol. The van der Waals surface area contributed by atoms with E-state index >= 15 is 0 Å². The first-order valence-electron chi connectivity index (χ1n) is 13.4. The fourth-order valence-electron chi connectivity index (χ4n) is 6.40. The van der Waals surface area contributed by atoms with Crippen LogP contribution in [0.1, 0.15) is 61.7 Å². The number of Topliss-reactive ketones (excluding diaryl/α,β-unsaturated/α-hetero) is 1. The first kappa shape index (κ1) is 24.8. The summed E-state index contributed by atoms with van der Waals surface area (Å²) >= 11 is 0. The highest BCUT2D eigenvalue weighted by Crippen LogP contribution is 2.34. The minimum Gasteiger partial charge on any atom is -0.497 e.